The van der Waals surface area contributed by atoms with Crippen molar-refractivity contribution in [1.29, 1.82) is 0 Å². The number of hydrogen-bond donors (Lipinski definition) is 2. The van der Waals surface area contributed by atoms with Crippen molar-refractivity contribution < 1.29 is 5.11 Å². The van der Waals surface area contributed by atoms with E-state index < -0.39 is 0 Å². The van der Waals surface area contributed by atoms with Gasteiger partial charge in [0.05, 0.1) is 0 Å². The molecule has 1 rings (SSSR count). The Morgan fingerprint density at radius 1 is 1.17 bits per heavy atom. The SMILES string of the molecule is Cc1ccc(C(C)(C)C)cc1CCNCCCO. The Kier molecular flexibility index (Phi) is 5.83. The monoisotopic (exact) mass is 249 g/mol. The quantitative estimate of drug-likeness (QED) is 0.760. The predicted octanol–water partition coefficient (Wildman–Crippen LogP) is 2.81. The minimum absolute atomic E-state index is 0.215. The van der Waals surface area contributed by atoms with Gasteiger partial charge in [-0.25, -0.2) is 0 Å². The molecule has 0 fully saturated rings. The zero-order valence-corrected chi connectivity index (χ0v) is 12.2. The van der Waals surface area contributed by atoms with Crippen LogP contribution in [0.5, 0.6) is 0 Å². The molecular formula is C16H27NO. The maximum Gasteiger partial charge on any atom is 0.0443 e. The Hall–Kier alpha value is -0.860. The number of aliphatic hydroxyl groups is 1. The molecule has 0 saturated carbocycles. The third-order valence-electron chi connectivity index (χ3n) is 3.30. The normalized spacial score (nSPS) is 11.8. The molecule has 0 spiro atoms. The Morgan fingerprint density at radius 2 is 1.89 bits per heavy atom. The number of nitrogens with one attached hydrogen (secondary N) is 1. The van der Waals surface area contributed by atoms with E-state index in [1.165, 1.54) is 16.7 Å². The van der Waals surface area contributed by atoms with E-state index in [1.807, 2.05) is 0 Å². The first-order valence-electron chi connectivity index (χ1n) is 6.86. The molecule has 102 valence electrons. The summed E-state index contributed by atoms with van der Waals surface area (Å²) in [5, 5.41) is 12.1. The minimum Gasteiger partial charge on any atom is -0.396 e. The lowest BCUT2D eigenvalue weighted by molar-refractivity contribution is 0.286. The van der Waals surface area contributed by atoms with Gasteiger partial charge < -0.3 is 10.4 Å². The zero-order valence-electron chi connectivity index (χ0n) is 12.2. The summed E-state index contributed by atoms with van der Waals surface area (Å²) in [4.78, 5) is 0. The first kappa shape index (κ1) is 15.2. The van der Waals surface area contributed by atoms with E-state index in [0.29, 0.717) is 0 Å². The van der Waals surface area contributed by atoms with Gasteiger partial charge in [0.2, 0.25) is 0 Å². The van der Waals surface area contributed by atoms with Gasteiger partial charge in [0.15, 0.2) is 0 Å². The average molecular weight is 249 g/mol. The van der Waals surface area contributed by atoms with Crippen molar-refractivity contribution in [3.8, 4) is 0 Å². The van der Waals surface area contributed by atoms with Crippen LogP contribution in [0.4, 0.5) is 0 Å². The maximum atomic E-state index is 8.71. The summed E-state index contributed by atoms with van der Waals surface area (Å²) in [5.41, 5.74) is 4.41. The van der Waals surface area contributed by atoms with Crippen LogP contribution in [0.15, 0.2) is 18.2 Å². The smallest absolute Gasteiger partial charge is 0.0443 e. The Morgan fingerprint density at radius 3 is 2.50 bits per heavy atom. The summed E-state index contributed by atoms with van der Waals surface area (Å²) in [6, 6.07) is 6.80. The van der Waals surface area contributed by atoms with Crippen LogP contribution < -0.4 is 5.32 Å². The molecule has 0 heterocycles. The zero-order chi connectivity index (χ0) is 13.6. The van der Waals surface area contributed by atoms with E-state index in [0.717, 1.165) is 25.9 Å². The standard InChI is InChI=1S/C16H27NO/c1-13-6-7-15(16(2,3)4)12-14(13)8-10-17-9-5-11-18/h6-7,12,17-18H,5,8-11H2,1-4H3. The van der Waals surface area contributed by atoms with Gasteiger partial charge in [-0.1, -0.05) is 39.0 Å². The van der Waals surface area contributed by atoms with Gasteiger partial charge in [-0.15, -0.1) is 0 Å². The van der Waals surface area contributed by atoms with Crippen LogP contribution in [-0.2, 0) is 11.8 Å². The molecule has 1 aromatic rings. The van der Waals surface area contributed by atoms with Gasteiger partial charge in [0.25, 0.3) is 0 Å². The van der Waals surface area contributed by atoms with Crippen molar-refractivity contribution in [3.63, 3.8) is 0 Å². The van der Waals surface area contributed by atoms with Crippen LogP contribution in [0.3, 0.4) is 0 Å². The number of rotatable bonds is 6. The molecule has 0 aliphatic heterocycles. The van der Waals surface area contributed by atoms with Gasteiger partial charge in [-0.05, 0) is 55.0 Å². The number of benzene rings is 1. The van der Waals surface area contributed by atoms with Crippen molar-refractivity contribution in [2.45, 2.75) is 46.0 Å². The molecule has 0 amide bonds. The minimum atomic E-state index is 0.215. The second kappa shape index (κ2) is 6.91. The maximum absolute atomic E-state index is 8.71. The number of hydrogen-bond acceptors (Lipinski definition) is 2. The fourth-order valence-corrected chi connectivity index (χ4v) is 1.96. The summed E-state index contributed by atoms with van der Waals surface area (Å²) in [5.74, 6) is 0. The molecule has 18 heavy (non-hydrogen) atoms. The second-order valence-corrected chi connectivity index (χ2v) is 5.97. The molecule has 0 aliphatic carbocycles. The fraction of sp³-hybridized carbons (Fsp3) is 0.625. The van der Waals surface area contributed by atoms with Crippen LogP contribution in [0.2, 0.25) is 0 Å². The highest BCUT2D eigenvalue weighted by Gasteiger charge is 2.14. The summed E-state index contributed by atoms with van der Waals surface area (Å²) >= 11 is 0. The summed E-state index contributed by atoms with van der Waals surface area (Å²) in [6.45, 7) is 11.1. The highest BCUT2D eigenvalue weighted by atomic mass is 16.3. The fourth-order valence-electron chi connectivity index (χ4n) is 1.96. The van der Waals surface area contributed by atoms with Crippen molar-refractivity contribution >= 4 is 0 Å². The van der Waals surface area contributed by atoms with Crippen LogP contribution in [0, 0.1) is 6.92 Å². The van der Waals surface area contributed by atoms with Crippen molar-refractivity contribution in [3.05, 3.63) is 34.9 Å². The van der Waals surface area contributed by atoms with Gasteiger partial charge in [-0.3, -0.25) is 0 Å². The molecule has 0 aromatic heterocycles. The summed E-state index contributed by atoms with van der Waals surface area (Å²) in [6.07, 6.45) is 1.89. The lowest BCUT2D eigenvalue weighted by Crippen LogP contribution is -2.20. The predicted molar refractivity (Wildman–Crippen MR) is 78.2 cm³/mol. The highest BCUT2D eigenvalue weighted by molar-refractivity contribution is 5.34. The topological polar surface area (TPSA) is 32.3 Å². The third kappa shape index (κ3) is 4.79. The molecule has 0 atom stereocenters. The first-order chi connectivity index (χ1) is 8.45. The van der Waals surface area contributed by atoms with Crippen LogP contribution in [-0.4, -0.2) is 24.8 Å². The molecule has 0 bridgehead atoms. The van der Waals surface area contributed by atoms with Crippen molar-refractivity contribution in [2.75, 3.05) is 19.7 Å². The largest absolute Gasteiger partial charge is 0.396 e. The molecular weight excluding hydrogens is 222 g/mol. The Balaban J connectivity index is 2.59. The third-order valence-corrected chi connectivity index (χ3v) is 3.30. The lowest BCUT2D eigenvalue weighted by Gasteiger charge is -2.21. The highest BCUT2D eigenvalue weighted by Crippen LogP contribution is 2.24. The van der Waals surface area contributed by atoms with E-state index in [9.17, 15) is 0 Å². The Bertz CT molecular complexity index is 366. The van der Waals surface area contributed by atoms with Crippen molar-refractivity contribution in [2.24, 2.45) is 0 Å². The molecule has 2 nitrogen and oxygen atoms in total. The number of aryl methyl sites for hydroxylation is 1. The molecule has 1 aromatic carbocycles. The first-order valence-corrected chi connectivity index (χ1v) is 6.86. The molecule has 0 saturated heterocycles. The van der Waals surface area contributed by atoms with E-state index in [1.54, 1.807) is 0 Å². The molecule has 2 heteroatoms. The summed E-state index contributed by atoms with van der Waals surface area (Å²) in [7, 11) is 0. The van der Waals surface area contributed by atoms with Crippen LogP contribution in [0.25, 0.3) is 0 Å². The summed E-state index contributed by atoms with van der Waals surface area (Å²) < 4.78 is 0. The van der Waals surface area contributed by atoms with Crippen LogP contribution >= 0.6 is 0 Å². The van der Waals surface area contributed by atoms with Crippen molar-refractivity contribution in [1.82, 2.24) is 5.32 Å². The van der Waals surface area contributed by atoms with E-state index in [2.05, 4.69) is 51.2 Å². The van der Waals surface area contributed by atoms with Crippen LogP contribution in [0.1, 0.15) is 43.9 Å². The van der Waals surface area contributed by atoms with E-state index in [4.69, 9.17) is 5.11 Å². The average Bonchev–Trinajstić information content (AvgIpc) is 2.29. The van der Waals surface area contributed by atoms with Gasteiger partial charge >= 0.3 is 0 Å². The lowest BCUT2D eigenvalue weighted by atomic mass is 9.85. The van der Waals surface area contributed by atoms with Gasteiger partial charge in [0, 0.05) is 6.61 Å². The van der Waals surface area contributed by atoms with E-state index in [-0.39, 0.29) is 12.0 Å². The molecule has 0 radical (unpaired) electrons. The second-order valence-electron chi connectivity index (χ2n) is 5.97. The molecule has 0 unspecified atom stereocenters. The molecule has 0 aliphatic rings. The van der Waals surface area contributed by atoms with Gasteiger partial charge in [0.1, 0.15) is 0 Å². The Labute approximate surface area is 111 Å². The number of aliphatic hydroxyl groups excluding tert-OH is 1. The van der Waals surface area contributed by atoms with Gasteiger partial charge in [-0.2, -0.15) is 0 Å². The van der Waals surface area contributed by atoms with E-state index >= 15 is 0 Å². The molecule has 2 N–H and O–H groups in total.